The molecule has 0 atom stereocenters. The molecular weight excluding hydrogens is 264 g/mol. The molecule has 2 rings (SSSR count). The summed E-state index contributed by atoms with van der Waals surface area (Å²) in [5, 5.41) is 11.3. The van der Waals surface area contributed by atoms with Gasteiger partial charge in [0.05, 0.1) is 18.1 Å². The van der Waals surface area contributed by atoms with Gasteiger partial charge in [0.15, 0.2) is 0 Å². The fraction of sp³-hybridized carbons (Fsp3) is 0.538. The highest BCUT2D eigenvalue weighted by molar-refractivity contribution is 5.38. The lowest BCUT2D eigenvalue weighted by molar-refractivity contribution is 0.122. The van der Waals surface area contributed by atoms with Crippen LogP contribution in [0.1, 0.15) is 19.4 Å². The molecule has 0 aromatic carbocycles. The Morgan fingerprint density at radius 1 is 1.10 bits per heavy atom. The number of hydrogen-bond acceptors (Lipinski definition) is 3. The van der Waals surface area contributed by atoms with Crippen molar-refractivity contribution in [3.05, 3.63) is 30.4 Å². The van der Waals surface area contributed by atoms with Gasteiger partial charge in [0, 0.05) is 31.0 Å². The predicted molar refractivity (Wildman–Crippen MR) is 72.6 cm³/mol. The lowest BCUT2D eigenvalue weighted by atomic mass is 10.2. The zero-order valence-corrected chi connectivity index (χ0v) is 11.6. The highest BCUT2D eigenvalue weighted by Crippen LogP contribution is 2.09. The van der Waals surface area contributed by atoms with Gasteiger partial charge in [0.1, 0.15) is 6.54 Å². The van der Waals surface area contributed by atoms with Gasteiger partial charge in [0.2, 0.25) is 0 Å². The highest BCUT2D eigenvalue weighted by atomic mass is 19.3. The third-order valence-electron chi connectivity index (χ3n) is 2.69. The van der Waals surface area contributed by atoms with Gasteiger partial charge in [-0.2, -0.15) is 10.2 Å². The Morgan fingerprint density at radius 3 is 2.50 bits per heavy atom. The van der Waals surface area contributed by atoms with E-state index in [0.29, 0.717) is 12.5 Å². The van der Waals surface area contributed by atoms with E-state index in [1.165, 1.54) is 4.68 Å². The molecule has 0 unspecified atom stereocenters. The van der Waals surface area contributed by atoms with Crippen LogP contribution in [0.2, 0.25) is 0 Å². The van der Waals surface area contributed by atoms with Gasteiger partial charge in [-0.05, 0) is 5.92 Å². The summed E-state index contributed by atoms with van der Waals surface area (Å²) in [6, 6.07) is 0. The molecule has 0 saturated heterocycles. The molecule has 2 heterocycles. The fourth-order valence-electron chi connectivity index (χ4n) is 1.87. The normalized spacial score (nSPS) is 11.5. The highest BCUT2D eigenvalue weighted by Gasteiger charge is 2.06. The molecule has 1 N–H and O–H groups in total. The molecule has 2 aromatic heterocycles. The van der Waals surface area contributed by atoms with Crippen molar-refractivity contribution in [1.29, 1.82) is 0 Å². The Hall–Kier alpha value is -1.92. The summed E-state index contributed by atoms with van der Waals surface area (Å²) in [7, 11) is 0. The van der Waals surface area contributed by atoms with Crippen molar-refractivity contribution in [2.75, 3.05) is 5.32 Å². The molecule has 110 valence electrons. The van der Waals surface area contributed by atoms with Crippen LogP contribution in [-0.4, -0.2) is 26.0 Å². The van der Waals surface area contributed by atoms with E-state index in [1.807, 2.05) is 10.9 Å². The number of anilines is 1. The van der Waals surface area contributed by atoms with Gasteiger partial charge in [-0.15, -0.1) is 0 Å². The maximum absolute atomic E-state index is 12.2. The first-order valence-electron chi connectivity index (χ1n) is 6.58. The largest absolute Gasteiger partial charge is 0.378 e. The van der Waals surface area contributed by atoms with Crippen molar-refractivity contribution in [2.24, 2.45) is 5.92 Å². The van der Waals surface area contributed by atoms with E-state index in [4.69, 9.17) is 0 Å². The zero-order chi connectivity index (χ0) is 14.5. The quantitative estimate of drug-likeness (QED) is 0.849. The van der Waals surface area contributed by atoms with Crippen LogP contribution >= 0.6 is 0 Å². The third-order valence-corrected chi connectivity index (χ3v) is 2.69. The second kappa shape index (κ2) is 6.49. The molecule has 0 saturated carbocycles. The van der Waals surface area contributed by atoms with Crippen LogP contribution in [0.25, 0.3) is 0 Å². The number of nitrogens with one attached hydrogen (secondary N) is 1. The minimum absolute atomic E-state index is 0.381. The topological polar surface area (TPSA) is 47.7 Å². The number of halogens is 2. The Bertz CT molecular complexity index is 484. The molecule has 0 aliphatic heterocycles. The molecular formula is C13H19F2N5. The van der Waals surface area contributed by atoms with Crippen molar-refractivity contribution in [2.45, 2.75) is 39.9 Å². The molecule has 0 bridgehead atoms. The number of alkyl halides is 2. The molecule has 20 heavy (non-hydrogen) atoms. The van der Waals surface area contributed by atoms with E-state index in [-0.39, 0.29) is 6.54 Å². The number of nitrogens with zero attached hydrogens (tertiary/aromatic N) is 4. The maximum atomic E-state index is 12.2. The second-order valence-corrected chi connectivity index (χ2v) is 5.16. The van der Waals surface area contributed by atoms with E-state index in [0.717, 1.165) is 17.8 Å². The number of aromatic nitrogens is 4. The van der Waals surface area contributed by atoms with Crippen molar-refractivity contribution >= 4 is 5.69 Å². The van der Waals surface area contributed by atoms with Gasteiger partial charge < -0.3 is 5.32 Å². The van der Waals surface area contributed by atoms with Crippen molar-refractivity contribution < 1.29 is 8.78 Å². The first-order valence-corrected chi connectivity index (χ1v) is 6.58. The molecule has 0 radical (unpaired) electrons. The Labute approximate surface area is 116 Å². The Kier molecular flexibility index (Phi) is 4.70. The van der Waals surface area contributed by atoms with Crippen LogP contribution in [0.3, 0.4) is 0 Å². The maximum Gasteiger partial charge on any atom is 0.257 e. The average molecular weight is 283 g/mol. The molecule has 5 nitrogen and oxygen atoms in total. The standard InChI is InChI=1S/C13H19F2N5/c1-10(2)6-19-7-11(4-17-19)3-16-12-5-18-20(8-12)9-13(14)15/h4-5,7-8,10,13,16H,3,6,9H2,1-2H3. The van der Waals surface area contributed by atoms with Crippen LogP contribution in [0.4, 0.5) is 14.5 Å². The van der Waals surface area contributed by atoms with Gasteiger partial charge in [-0.25, -0.2) is 8.78 Å². The Morgan fingerprint density at radius 2 is 1.80 bits per heavy atom. The van der Waals surface area contributed by atoms with Gasteiger partial charge >= 0.3 is 0 Å². The van der Waals surface area contributed by atoms with E-state index in [2.05, 4.69) is 29.4 Å². The summed E-state index contributed by atoms with van der Waals surface area (Å²) in [6.07, 6.45) is 4.51. The Balaban J connectivity index is 1.85. The van der Waals surface area contributed by atoms with Crippen LogP contribution < -0.4 is 5.32 Å². The fourth-order valence-corrected chi connectivity index (χ4v) is 1.87. The summed E-state index contributed by atoms with van der Waals surface area (Å²) in [4.78, 5) is 0. The summed E-state index contributed by atoms with van der Waals surface area (Å²) in [5.74, 6) is 0.545. The number of hydrogen-bond donors (Lipinski definition) is 1. The van der Waals surface area contributed by atoms with E-state index in [9.17, 15) is 8.78 Å². The summed E-state index contributed by atoms with van der Waals surface area (Å²) in [6.45, 7) is 5.37. The zero-order valence-electron chi connectivity index (χ0n) is 11.6. The number of rotatable bonds is 7. The molecule has 0 aliphatic rings. The van der Waals surface area contributed by atoms with Gasteiger partial charge in [0.25, 0.3) is 6.43 Å². The van der Waals surface area contributed by atoms with E-state index < -0.39 is 6.43 Å². The molecule has 0 fully saturated rings. The van der Waals surface area contributed by atoms with Crippen LogP contribution in [0.5, 0.6) is 0 Å². The van der Waals surface area contributed by atoms with Crippen LogP contribution in [0.15, 0.2) is 24.8 Å². The average Bonchev–Trinajstić information content (AvgIpc) is 2.94. The summed E-state index contributed by atoms with van der Waals surface area (Å²) in [5.41, 5.74) is 1.77. The predicted octanol–water partition coefficient (Wildman–Crippen LogP) is 2.61. The molecule has 7 heteroatoms. The van der Waals surface area contributed by atoms with E-state index >= 15 is 0 Å². The van der Waals surface area contributed by atoms with Crippen LogP contribution in [-0.2, 0) is 19.6 Å². The third kappa shape index (κ3) is 4.32. The SMILES string of the molecule is CC(C)Cn1cc(CNc2cnn(CC(F)F)c2)cn1. The minimum Gasteiger partial charge on any atom is -0.378 e. The van der Waals surface area contributed by atoms with Crippen molar-refractivity contribution in [1.82, 2.24) is 19.6 Å². The molecule has 0 spiro atoms. The van der Waals surface area contributed by atoms with Crippen molar-refractivity contribution in [3.63, 3.8) is 0 Å². The lowest BCUT2D eigenvalue weighted by Gasteiger charge is -2.04. The summed E-state index contributed by atoms with van der Waals surface area (Å²) < 4.78 is 27.5. The first kappa shape index (κ1) is 14.5. The summed E-state index contributed by atoms with van der Waals surface area (Å²) >= 11 is 0. The van der Waals surface area contributed by atoms with Gasteiger partial charge in [-0.1, -0.05) is 13.8 Å². The van der Waals surface area contributed by atoms with Gasteiger partial charge in [-0.3, -0.25) is 9.36 Å². The van der Waals surface area contributed by atoms with E-state index in [1.54, 1.807) is 18.6 Å². The van der Waals surface area contributed by atoms with Crippen molar-refractivity contribution in [3.8, 4) is 0 Å². The molecule has 0 aliphatic carbocycles. The smallest absolute Gasteiger partial charge is 0.257 e. The van der Waals surface area contributed by atoms with Crippen LogP contribution in [0, 0.1) is 5.92 Å². The molecule has 2 aromatic rings. The lowest BCUT2D eigenvalue weighted by Crippen LogP contribution is -2.06. The minimum atomic E-state index is -2.39. The second-order valence-electron chi connectivity index (χ2n) is 5.16. The first-order chi connectivity index (χ1) is 9.52. The molecule has 0 amide bonds. The monoisotopic (exact) mass is 283 g/mol.